The molecule has 0 bridgehead atoms. The predicted octanol–water partition coefficient (Wildman–Crippen LogP) is 3.96. The normalized spacial score (nSPS) is 10.2. The highest BCUT2D eigenvalue weighted by molar-refractivity contribution is 6.30. The summed E-state index contributed by atoms with van der Waals surface area (Å²) >= 11 is 5.82. The number of carboxylic acid groups (broad SMARTS) is 1. The summed E-state index contributed by atoms with van der Waals surface area (Å²) in [6.45, 7) is 2.57. The van der Waals surface area contributed by atoms with Crippen molar-refractivity contribution >= 4 is 23.3 Å². The number of carbonyl (C=O) groups is 1. The maximum atomic E-state index is 10.9. The molecule has 2 aromatic rings. The molecular formula is C15H14ClNO2. The second-order valence-corrected chi connectivity index (χ2v) is 4.75. The molecule has 0 spiro atoms. The summed E-state index contributed by atoms with van der Waals surface area (Å²) in [7, 11) is 0. The number of nitrogens with one attached hydrogen (secondary N) is 1. The van der Waals surface area contributed by atoms with E-state index >= 15 is 0 Å². The van der Waals surface area contributed by atoms with Gasteiger partial charge in [-0.05, 0) is 42.3 Å². The van der Waals surface area contributed by atoms with Crippen LogP contribution in [-0.4, -0.2) is 11.1 Å². The molecule has 0 saturated carbocycles. The maximum absolute atomic E-state index is 10.9. The minimum Gasteiger partial charge on any atom is -0.478 e. The second-order valence-electron chi connectivity index (χ2n) is 4.31. The van der Waals surface area contributed by atoms with E-state index in [0.717, 1.165) is 16.8 Å². The average molecular weight is 276 g/mol. The number of aryl methyl sites for hydroxylation is 1. The largest absolute Gasteiger partial charge is 0.478 e. The van der Waals surface area contributed by atoms with Gasteiger partial charge in [-0.3, -0.25) is 0 Å². The van der Waals surface area contributed by atoms with Crippen molar-refractivity contribution in [1.82, 2.24) is 0 Å². The summed E-state index contributed by atoms with van der Waals surface area (Å²) in [6, 6.07) is 12.6. The van der Waals surface area contributed by atoms with Crippen molar-refractivity contribution in [3.05, 3.63) is 64.2 Å². The Hall–Kier alpha value is -2.00. The van der Waals surface area contributed by atoms with E-state index in [2.05, 4.69) is 5.32 Å². The fraction of sp³-hybridized carbons (Fsp3) is 0.133. The third-order valence-corrected chi connectivity index (χ3v) is 3.13. The van der Waals surface area contributed by atoms with Crippen LogP contribution >= 0.6 is 11.6 Å². The van der Waals surface area contributed by atoms with Crippen molar-refractivity contribution in [2.75, 3.05) is 5.32 Å². The summed E-state index contributed by atoms with van der Waals surface area (Å²) in [6.07, 6.45) is 0. The third-order valence-electron chi connectivity index (χ3n) is 2.88. The number of halogens is 1. The van der Waals surface area contributed by atoms with E-state index in [4.69, 9.17) is 16.7 Å². The Morgan fingerprint density at radius 3 is 2.53 bits per heavy atom. The molecule has 3 nitrogen and oxygen atoms in total. The van der Waals surface area contributed by atoms with E-state index in [1.807, 2.05) is 31.2 Å². The van der Waals surface area contributed by atoms with Crippen LogP contribution in [0.1, 0.15) is 21.5 Å². The Morgan fingerprint density at radius 1 is 1.21 bits per heavy atom. The molecule has 0 aliphatic heterocycles. The van der Waals surface area contributed by atoms with Gasteiger partial charge in [-0.25, -0.2) is 4.79 Å². The van der Waals surface area contributed by atoms with E-state index < -0.39 is 5.97 Å². The summed E-state index contributed by atoms with van der Waals surface area (Å²) < 4.78 is 0. The molecule has 0 radical (unpaired) electrons. The first-order chi connectivity index (χ1) is 9.06. The molecule has 98 valence electrons. The summed E-state index contributed by atoms with van der Waals surface area (Å²) in [4.78, 5) is 10.9. The molecule has 0 fully saturated rings. The highest BCUT2D eigenvalue weighted by atomic mass is 35.5. The van der Waals surface area contributed by atoms with Gasteiger partial charge in [0.05, 0.1) is 5.56 Å². The molecule has 4 heteroatoms. The standard InChI is InChI=1S/C15H14ClNO2/c1-10-2-5-12(15(18)19)8-14(10)17-9-11-3-6-13(16)7-4-11/h2-8,17H,9H2,1H3,(H,18,19). The van der Waals surface area contributed by atoms with Gasteiger partial charge in [0.2, 0.25) is 0 Å². The summed E-state index contributed by atoms with van der Waals surface area (Å²) in [5, 5.41) is 12.9. The molecule has 0 unspecified atom stereocenters. The molecule has 0 saturated heterocycles. The van der Waals surface area contributed by atoms with Gasteiger partial charge in [0.15, 0.2) is 0 Å². The lowest BCUT2D eigenvalue weighted by molar-refractivity contribution is 0.0697. The molecule has 2 aromatic carbocycles. The van der Waals surface area contributed by atoms with Gasteiger partial charge in [0.1, 0.15) is 0 Å². The van der Waals surface area contributed by atoms with E-state index in [0.29, 0.717) is 11.6 Å². The Balaban J connectivity index is 2.12. The predicted molar refractivity (Wildman–Crippen MR) is 76.9 cm³/mol. The van der Waals surface area contributed by atoms with Crippen molar-refractivity contribution in [1.29, 1.82) is 0 Å². The van der Waals surface area contributed by atoms with Crippen molar-refractivity contribution in [2.45, 2.75) is 13.5 Å². The SMILES string of the molecule is Cc1ccc(C(=O)O)cc1NCc1ccc(Cl)cc1. The Morgan fingerprint density at radius 2 is 1.89 bits per heavy atom. The molecule has 0 atom stereocenters. The zero-order valence-corrected chi connectivity index (χ0v) is 11.2. The first-order valence-electron chi connectivity index (χ1n) is 5.88. The van der Waals surface area contributed by atoms with Gasteiger partial charge in [0.25, 0.3) is 0 Å². The van der Waals surface area contributed by atoms with Crippen LogP contribution in [0.4, 0.5) is 5.69 Å². The summed E-state index contributed by atoms with van der Waals surface area (Å²) in [5.41, 5.74) is 3.21. The van der Waals surface area contributed by atoms with Gasteiger partial charge in [0, 0.05) is 17.3 Å². The van der Waals surface area contributed by atoms with Crippen molar-refractivity contribution in [3.8, 4) is 0 Å². The average Bonchev–Trinajstić information content (AvgIpc) is 2.39. The lowest BCUT2D eigenvalue weighted by Gasteiger charge is -2.10. The monoisotopic (exact) mass is 275 g/mol. The molecule has 0 amide bonds. The quantitative estimate of drug-likeness (QED) is 0.888. The maximum Gasteiger partial charge on any atom is 0.335 e. The number of hydrogen-bond acceptors (Lipinski definition) is 2. The number of rotatable bonds is 4. The molecule has 2 N–H and O–H groups in total. The minimum atomic E-state index is -0.922. The van der Waals surface area contributed by atoms with Gasteiger partial charge in [-0.15, -0.1) is 0 Å². The topological polar surface area (TPSA) is 49.3 Å². The lowest BCUT2D eigenvalue weighted by Crippen LogP contribution is -2.03. The van der Waals surface area contributed by atoms with Crippen LogP contribution in [0.5, 0.6) is 0 Å². The van der Waals surface area contributed by atoms with Crippen LogP contribution in [0.2, 0.25) is 5.02 Å². The van der Waals surface area contributed by atoms with Crippen LogP contribution < -0.4 is 5.32 Å². The molecule has 0 aromatic heterocycles. The number of benzene rings is 2. The number of anilines is 1. The lowest BCUT2D eigenvalue weighted by atomic mass is 10.1. The van der Waals surface area contributed by atoms with Gasteiger partial charge >= 0.3 is 5.97 Å². The van der Waals surface area contributed by atoms with E-state index in [-0.39, 0.29) is 5.56 Å². The fourth-order valence-corrected chi connectivity index (χ4v) is 1.87. The second kappa shape index (κ2) is 5.76. The van der Waals surface area contributed by atoms with Crippen LogP contribution in [0, 0.1) is 6.92 Å². The van der Waals surface area contributed by atoms with Crippen LogP contribution in [-0.2, 0) is 6.54 Å². The van der Waals surface area contributed by atoms with Crippen molar-refractivity contribution in [3.63, 3.8) is 0 Å². The van der Waals surface area contributed by atoms with E-state index in [9.17, 15) is 4.79 Å². The van der Waals surface area contributed by atoms with Crippen LogP contribution in [0.15, 0.2) is 42.5 Å². The Kier molecular flexibility index (Phi) is 4.07. The van der Waals surface area contributed by atoms with Crippen molar-refractivity contribution < 1.29 is 9.90 Å². The number of aromatic carboxylic acids is 1. The highest BCUT2D eigenvalue weighted by Crippen LogP contribution is 2.18. The Bertz CT molecular complexity index is 594. The Labute approximate surface area is 116 Å². The van der Waals surface area contributed by atoms with Crippen molar-refractivity contribution in [2.24, 2.45) is 0 Å². The van der Waals surface area contributed by atoms with Gasteiger partial charge in [-0.1, -0.05) is 29.8 Å². The number of carboxylic acids is 1. The zero-order chi connectivity index (χ0) is 13.8. The molecular weight excluding hydrogens is 262 g/mol. The zero-order valence-electron chi connectivity index (χ0n) is 10.5. The van der Waals surface area contributed by atoms with E-state index in [1.54, 1.807) is 18.2 Å². The fourth-order valence-electron chi connectivity index (χ4n) is 1.75. The first kappa shape index (κ1) is 13.4. The molecule has 19 heavy (non-hydrogen) atoms. The first-order valence-corrected chi connectivity index (χ1v) is 6.26. The molecule has 0 heterocycles. The van der Waals surface area contributed by atoms with Crippen LogP contribution in [0.3, 0.4) is 0 Å². The molecule has 0 aliphatic rings. The van der Waals surface area contributed by atoms with Gasteiger partial charge < -0.3 is 10.4 Å². The molecule has 2 rings (SSSR count). The van der Waals surface area contributed by atoms with Gasteiger partial charge in [-0.2, -0.15) is 0 Å². The third kappa shape index (κ3) is 3.48. The minimum absolute atomic E-state index is 0.282. The smallest absolute Gasteiger partial charge is 0.335 e. The van der Waals surface area contributed by atoms with Crippen LogP contribution in [0.25, 0.3) is 0 Å². The summed E-state index contributed by atoms with van der Waals surface area (Å²) in [5.74, 6) is -0.922. The van der Waals surface area contributed by atoms with E-state index in [1.165, 1.54) is 0 Å². The molecule has 0 aliphatic carbocycles. The highest BCUT2D eigenvalue weighted by Gasteiger charge is 2.05. The number of hydrogen-bond donors (Lipinski definition) is 2.